The van der Waals surface area contributed by atoms with E-state index in [1.807, 2.05) is 6.92 Å². The van der Waals surface area contributed by atoms with Gasteiger partial charge in [-0.05, 0) is 26.3 Å². The van der Waals surface area contributed by atoms with E-state index in [4.69, 9.17) is 4.74 Å². The SMILES string of the molecule is CCCNC(C)CS(=O)(=O)CCCOC. The maximum Gasteiger partial charge on any atom is 0.151 e. The number of rotatable bonds is 9. The average Bonchev–Trinajstić information content (AvgIpc) is 2.14. The van der Waals surface area contributed by atoms with Crippen molar-refractivity contribution in [1.82, 2.24) is 5.32 Å². The highest BCUT2D eigenvalue weighted by Crippen LogP contribution is 1.98. The minimum Gasteiger partial charge on any atom is -0.385 e. The molecule has 1 atom stereocenters. The average molecular weight is 237 g/mol. The second-order valence-electron chi connectivity index (χ2n) is 3.82. The summed E-state index contributed by atoms with van der Waals surface area (Å²) < 4.78 is 28.0. The molecule has 4 nitrogen and oxygen atoms in total. The summed E-state index contributed by atoms with van der Waals surface area (Å²) in [7, 11) is -1.34. The van der Waals surface area contributed by atoms with Gasteiger partial charge in [-0.1, -0.05) is 6.92 Å². The van der Waals surface area contributed by atoms with Gasteiger partial charge in [0.1, 0.15) is 0 Å². The quantitative estimate of drug-likeness (QED) is 0.603. The van der Waals surface area contributed by atoms with E-state index < -0.39 is 9.84 Å². The molecule has 0 saturated carbocycles. The summed E-state index contributed by atoms with van der Waals surface area (Å²) in [6.07, 6.45) is 1.60. The Morgan fingerprint density at radius 2 is 2.07 bits per heavy atom. The smallest absolute Gasteiger partial charge is 0.151 e. The summed E-state index contributed by atoms with van der Waals surface area (Å²) in [6.45, 7) is 5.35. The van der Waals surface area contributed by atoms with E-state index in [0.717, 1.165) is 13.0 Å². The standard InChI is InChI=1S/C10H23NO3S/c1-4-6-11-10(2)9-15(12,13)8-5-7-14-3/h10-11H,4-9H2,1-3H3. The first-order chi connectivity index (χ1) is 7.02. The van der Waals surface area contributed by atoms with Crippen LogP contribution in [0.25, 0.3) is 0 Å². The van der Waals surface area contributed by atoms with E-state index >= 15 is 0 Å². The van der Waals surface area contributed by atoms with Crippen LogP contribution in [0.5, 0.6) is 0 Å². The molecule has 0 spiro atoms. The van der Waals surface area contributed by atoms with E-state index in [2.05, 4.69) is 12.2 Å². The van der Waals surface area contributed by atoms with Crippen molar-refractivity contribution in [3.63, 3.8) is 0 Å². The lowest BCUT2D eigenvalue weighted by molar-refractivity contribution is 0.199. The molecule has 1 N–H and O–H groups in total. The van der Waals surface area contributed by atoms with E-state index in [1.165, 1.54) is 0 Å². The molecule has 0 aliphatic carbocycles. The molecule has 0 bridgehead atoms. The van der Waals surface area contributed by atoms with Crippen LogP contribution in [-0.4, -0.2) is 46.2 Å². The van der Waals surface area contributed by atoms with Crippen molar-refractivity contribution in [3.8, 4) is 0 Å². The third-order valence-corrected chi connectivity index (χ3v) is 3.97. The summed E-state index contributed by atoms with van der Waals surface area (Å²) in [5.41, 5.74) is 0. The Bertz CT molecular complexity index is 239. The van der Waals surface area contributed by atoms with Crippen molar-refractivity contribution >= 4 is 9.84 Å². The van der Waals surface area contributed by atoms with Crippen molar-refractivity contribution in [2.75, 3.05) is 31.8 Å². The van der Waals surface area contributed by atoms with Crippen molar-refractivity contribution in [2.45, 2.75) is 32.7 Å². The third kappa shape index (κ3) is 8.84. The Morgan fingerprint density at radius 1 is 1.40 bits per heavy atom. The maximum atomic E-state index is 11.6. The van der Waals surface area contributed by atoms with Crippen LogP contribution in [0.3, 0.4) is 0 Å². The summed E-state index contributed by atoms with van der Waals surface area (Å²) in [4.78, 5) is 0. The van der Waals surface area contributed by atoms with Crippen molar-refractivity contribution < 1.29 is 13.2 Å². The normalized spacial score (nSPS) is 14.1. The van der Waals surface area contributed by atoms with Crippen molar-refractivity contribution in [3.05, 3.63) is 0 Å². The molecule has 5 heteroatoms. The molecular formula is C10H23NO3S. The van der Waals surface area contributed by atoms with Gasteiger partial charge in [-0.3, -0.25) is 0 Å². The summed E-state index contributed by atoms with van der Waals surface area (Å²) in [5, 5.41) is 3.17. The number of sulfone groups is 1. The molecule has 0 amide bonds. The molecule has 0 rings (SSSR count). The highest BCUT2D eigenvalue weighted by Gasteiger charge is 2.14. The minimum absolute atomic E-state index is 0.0393. The minimum atomic E-state index is -2.93. The van der Waals surface area contributed by atoms with Crippen LogP contribution in [0.4, 0.5) is 0 Å². The first kappa shape index (κ1) is 14.9. The molecule has 0 saturated heterocycles. The largest absolute Gasteiger partial charge is 0.385 e. The lowest BCUT2D eigenvalue weighted by atomic mass is 10.3. The first-order valence-corrected chi connectivity index (χ1v) is 7.26. The molecule has 0 aromatic heterocycles. The summed E-state index contributed by atoms with van der Waals surface area (Å²) in [5.74, 6) is 0.440. The Hall–Kier alpha value is -0.130. The zero-order valence-corrected chi connectivity index (χ0v) is 10.8. The van der Waals surface area contributed by atoms with Gasteiger partial charge >= 0.3 is 0 Å². The molecule has 1 unspecified atom stereocenters. The van der Waals surface area contributed by atoms with Crippen LogP contribution >= 0.6 is 0 Å². The molecule has 0 aliphatic heterocycles. The van der Waals surface area contributed by atoms with Crippen LogP contribution in [-0.2, 0) is 14.6 Å². The zero-order chi connectivity index (χ0) is 11.7. The summed E-state index contributed by atoms with van der Waals surface area (Å²) in [6, 6.07) is 0.0393. The number of hydrogen-bond donors (Lipinski definition) is 1. The highest BCUT2D eigenvalue weighted by molar-refractivity contribution is 7.91. The second kappa shape index (κ2) is 8.07. The van der Waals surface area contributed by atoms with Gasteiger partial charge in [-0.2, -0.15) is 0 Å². The third-order valence-electron chi connectivity index (χ3n) is 2.05. The van der Waals surface area contributed by atoms with Crippen molar-refractivity contribution in [2.24, 2.45) is 0 Å². The van der Waals surface area contributed by atoms with Crippen LogP contribution in [0.2, 0.25) is 0 Å². The van der Waals surface area contributed by atoms with Gasteiger partial charge in [0.15, 0.2) is 9.84 Å². The molecular weight excluding hydrogens is 214 g/mol. The van der Waals surface area contributed by atoms with Gasteiger partial charge in [0.25, 0.3) is 0 Å². The molecule has 0 aromatic carbocycles. The van der Waals surface area contributed by atoms with Gasteiger partial charge in [0.05, 0.1) is 11.5 Å². The van der Waals surface area contributed by atoms with Gasteiger partial charge in [0.2, 0.25) is 0 Å². The van der Waals surface area contributed by atoms with E-state index in [-0.39, 0.29) is 17.5 Å². The highest BCUT2D eigenvalue weighted by atomic mass is 32.2. The maximum absolute atomic E-state index is 11.6. The monoisotopic (exact) mass is 237 g/mol. The first-order valence-electron chi connectivity index (χ1n) is 5.44. The molecule has 15 heavy (non-hydrogen) atoms. The van der Waals surface area contributed by atoms with Crippen LogP contribution in [0.15, 0.2) is 0 Å². The molecule has 0 aliphatic rings. The molecule has 0 aromatic rings. The van der Waals surface area contributed by atoms with Crippen LogP contribution in [0.1, 0.15) is 26.7 Å². The molecule has 0 heterocycles. The molecule has 0 radical (unpaired) electrons. The van der Waals surface area contributed by atoms with Crippen LogP contribution in [0, 0.1) is 0 Å². The second-order valence-corrected chi connectivity index (χ2v) is 6.04. The zero-order valence-electron chi connectivity index (χ0n) is 9.95. The van der Waals surface area contributed by atoms with Crippen molar-refractivity contribution in [1.29, 1.82) is 0 Å². The predicted octanol–water partition coefficient (Wildman–Crippen LogP) is 0.826. The van der Waals surface area contributed by atoms with E-state index in [9.17, 15) is 8.42 Å². The number of hydrogen-bond acceptors (Lipinski definition) is 4. The topological polar surface area (TPSA) is 55.4 Å². The fraction of sp³-hybridized carbons (Fsp3) is 1.00. The van der Waals surface area contributed by atoms with E-state index in [0.29, 0.717) is 13.0 Å². The summed E-state index contributed by atoms with van der Waals surface area (Å²) >= 11 is 0. The fourth-order valence-corrected chi connectivity index (χ4v) is 2.94. The fourth-order valence-electron chi connectivity index (χ4n) is 1.34. The van der Waals surface area contributed by atoms with Gasteiger partial charge in [0, 0.05) is 19.8 Å². The van der Waals surface area contributed by atoms with Gasteiger partial charge in [-0.25, -0.2) is 8.42 Å². The van der Waals surface area contributed by atoms with Gasteiger partial charge in [-0.15, -0.1) is 0 Å². The van der Waals surface area contributed by atoms with E-state index in [1.54, 1.807) is 7.11 Å². The Kier molecular flexibility index (Phi) is 8.00. The Balaban J connectivity index is 3.81. The molecule has 92 valence electrons. The number of nitrogens with one attached hydrogen (secondary N) is 1. The number of methoxy groups -OCH3 is 1. The van der Waals surface area contributed by atoms with Gasteiger partial charge < -0.3 is 10.1 Å². The lowest BCUT2D eigenvalue weighted by Gasteiger charge is -2.13. The molecule has 0 fully saturated rings. The lowest BCUT2D eigenvalue weighted by Crippen LogP contribution is -2.34. The predicted molar refractivity (Wildman–Crippen MR) is 62.9 cm³/mol. The van der Waals surface area contributed by atoms with Crippen LogP contribution < -0.4 is 5.32 Å². The number of ether oxygens (including phenoxy) is 1. The Labute approximate surface area is 93.3 Å². The Morgan fingerprint density at radius 3 is 2.60 bits per heavy atom.